The van der Waals surface area contributed by atoms with Gasteiger partial charge in [0.2, 0.25) is 0 Å². The van der Waals surface area contributed by atoms with Crippen molar-refractivity contribution in [1.29, 1.82) is 0 Å². The number of amides is 1. The maximum Gasteiger partial charge on any atom is 0.267 e. The molecule has 0 atom stereocenters. The first-order valence-electron chi connectivity index (χ1n) is 9.79. The van der Waals surface area contributed by atoms with Crippen molar-refractivity contribution in [2.24, 2.45) is 0 Å². The van der Waals surface area contributed by atoms with E-state index in [1.807, 2.05) is 0 Å². The minimum Gasteiger partial charge on any atom is -0.349 e. The van der Waals surface area contributed by atoms with Gasteiger partial charge in [-0.05, 0) is 12.8 Å². The van der Waals surface area contributed by atoms with Gasteiger partial charge in [0.25, 0.3) is 11.5 Å². The number of thioether (sulfide) groups is 1. The zero-order valence-electron chi connectivity index (χ0n) is 15.0. The van der Waals surface area contributed by atoms with Gasteiger partial charge in [0.1, 0.15) is 5.56 Å². The SMILES string of the molecule is O=C(NC1CCCCCCCCCCC1)c1cnc2n(c1=O)CCS2. The van der Waals surface area contributed by atoms with Crippen molar-refractivity contribution in [3.63, 3.8) is 0 Å². The Labute approximate surface area is 154 Å². The molecule has 3 rings (SSSR count). The quantitative estimate of drug-likeness (QED) is 0.813. The molecule has 25 heavy (non-hydrogen) atoms. The molecule has 0 aromatic carbocycles. The summed E-state index contributed by atoms with van der Waals surface area (Å²) in [5, 5.41) is 3.85. The van der Waals surface area contributed by atoms with E-state index in [2.05, 4.69) is 10.3 Å². The van der Waals surface area contributed by atoms with Crippen LogP contribution < -0.4 is 10.9 Å². The Morgan fingerprint density at radius 2 is 1.64 bits per heavy atom. The molecule has 1 fully saturated rings. The van der Waals surface area contributed by atoms with E-state index in [1.54, 1.807) is 16.3 Å². The average Bonchev–Trinajstić information content (AvgIpc) is 3.07. The highest BCUT2D eigenvalue weighted by Gasteiger charge is 2.21. The van der Waals surface area contributed by atoms with E-state index in [1.165, 1.54) is 51.1 Å². The lowest BCUT2D eigenvalue weighted by Gasteiger charge is -2.19. The van der Waals surface area contributed by atoms with Crippen molar-refractivity contribution in [3.05, 3.63) is 22.1 Å². The standard InChI is InChI=1S/C19H29N3O2S/c23-17(16-14-20-19-22(18(16)24)12-13-25-19)21-15-10-8-6-4-2-1-3-5-7-9-11-15/h14-15H,1-13H2,(H,21,23). The van der Waals surface area contributed by atoms with Crippen LogP contribution in [0.1, 0.15) is 81.0 Å². The molecule has 0 radical (unpaired) electrons. The first kappa shape index (κ1) is 18.5. The van der Waals surface area contributed by atoms with Crippen LogP contribution in [0.25, 0.3) is 0 Å². The van der Waals surface area contributed by atoms with Crippen LogP contribution in [0.3, 0.4) is 0 Å². The molecule has 1 aliphatic heterocycles. The largest absolute Gasteiger partial charge is 0.349 e. The monoisotopic (exact) mass is 363 g/mol. The number of carbonyl (C=O) groups excluding carboxylic acids is 1. The van der Waals surface area contributed by atoms with Gasteiger partial charge in [0.15, 0.2) is 5.16 Å². The molecule has 0 unspecified atom stereocenters. The van der Waals surface area contributed by atoms with E-state index in [4.69, 9.17) is 0 Å². The lowest BCUT2D eigenvalue weighted by atomic mass is 9.98. The smallest absolute Gasteiger partial charge is 0.267 e. The molecule has 0 spiro atoms. The van der Waals surface area contributed by atoms with Crippen LogP contribution in [0.15, 0.2) is 16.1 Å². The normalized spacial score (nSPS) is 20.3. The van der Waals surface area contributed by atoms with Gasteiger partial charge >= 0.3 is 0 Å². The molecule has 0 bridgehead atoms. The summed E-state index contributed by atoms with van der Waals surface area (Å²) in [6.07, 6.45) is 14.9. The molecular formula is C19H29N3O2S. The van der Waals surface area contributed by atoms with Crippen molar-refractivity contribution in [3.8, 4) is 0 Å². The molecule has 5 nitrogen and oxygen atoms in total. The third kappa shape index (κ3) is 5.09. The number of aromatic nitrogens is 2. The van der Waals surface area contributed by atoms with Crippen LogP contribution in [0, 0.1) is 0 Å². The van der Waals surface area contributed by atoms with Crippen molar-refractivity contribution in [1.82, 2.24) is 14.9 Å². The molecule has 1 aromatic heterocycles. The highest BCUT2D eigenvalue weighted by atomic mass is 32.2. The van der Waals surface area contributed by atoms with E-state index < -0.39 is 0 Å². The Balaban J connectivity index is 1.62. The van der Waals surface area contributed by atoms with Crippen molar-refractivity contribution in [2.75, 3.05) is 5.75 Å². The van der Waals surface area contributed by atoms with Gasteiger partial charge in [0.05, 0.1) is 0 Å². The number of nitrogens with zero attached hydrogens (tertiary/aromatic N) is 2. The average molecular weight is 364 g/mol. The summed E-state index contributed by atoms with van der Waals surface area (Å²) in [7, 11) is 0. The maximum atomic E-state index is 12.6. The number of hydrogen-bond acceptors (Lipinski definition) is 4. The number of rotatable bonds is 2. The Bertz CT molecular complexity index is 632. The molecule has 1 saturated carbocycles. The molecule has 1 N–H and O–H groups in total. The summed E-state index contributed by atoms with van der Waals surface area (Å²) in [4.78, 5) is 29.4. The van der Waals surface area contributed by atoms with Crippen LogP contribution in [0.5, 0.6) is 0 Å². The summed E-state index contributed by atoms with van der Waals surface area (Å²) in [6.45, 7) is 0.649. The number of nitrogens with one attached hydrogen (secondary N) is 1. The lowest BCUT2D eigenvalue weighted by Crippen LogP contribution is -2.39. The Kier molecular flexibility index (Phi) is 6.96. The van der Waals surface area contributed by atoms with Crippen molar-refractivity contribution >= 4 is 17.7 Å². The van der Waals surface area contributed by atoms with Gasteiger partial charge in [-0.25, -0.2) is 4.98 Å². The molecule has 0 saturated heterocycles. The van der Waals surface area contributed by atoms with Gasteiger partial charge in [-0.2, -0.15) is 0 Å². The van der Waals surface area contributed by atoms with Crippen molar-refractivity contribution < 1.29 is 4.79 Å². The second-order valence-corrected chi connectivity index (χ2v) is 8.25. The highest BCUT2D eigenvalue weighted by Crippen LogP contribution is 2.21. The summed E-state index contributed by atoms with van der Waals surface area (Å²) < 4.78 is 1.63. The minimum atomic E-state index is -0.248. The van der Waals surface area contributed by atoms with Crippen LogP contribution >= 0.6 is 11.8 Å². The summed E-state index contributed by atoms with van der Waals surface area (Å²) >= 11 is 1.57. The van der Waals surface area contributed by atoms with Crippen molar-refractivity contribution in [2.45, 2.75) is 88.4 Å². The highest BCUT2D eigenvalue weighted by molar-refractivity contribution is 7.99. The molecule has 2 aliphatic rings. The topological polar surface area (TPSA) is 64.0 Å². The fraction of sp³-hybridized carbons (Fsp3) is 0.737. The molecule has 1 amide bonds. The van der Waals surface area contributed by atoms with Crippen LogP contribution in [0.2, 0.25) is 0 Å². The van der Waals surface area contributed by atoms with Gasteiger partial charge < -0.3 is 5.32 Å². The molecule has 2 heterocycles. The second-order valence-electron chi connectivity index (χ2n) is 7.19. The molecular weight excluding hydrogens is 334 g/mol. The summed E-state index contributed by atoms with van der Waals surface area (Å²) in [5.41, 5.74) is -0.00183. The first-order valence-corrected chi connectivity index (χ1v) is 10.8. The Morgan fingerprint density at radius 3 is 2.28 bits per heavy atom. The number of carbonyl (C=O) groups is 1. The predicted molar refractivity (Wildman–Crippen MR) is 101 cm³/mol. The lowest BCUT2D eigenvalue weighted by molar-refractivity contribution is 0.0928. The Hall–Kier alpha value is -1.30. The minimum absolute atomic E-state index is 0.180. The fourth-order valence-corrected chi connectivity index (χ4v) is 4.66. The summed E-state index contributed by atoms with van der Waals surface area (Å²) in [6, 6.07) is 0.180. The fourth-order valence-electron chi connectivity index (χ4n) is 3.74. The van der Waals surface area contributed by atoms with Crippen LogP contribution in [-0.2, 0) is 6.54 Å². The summed E-state index contributed by atoms with van der Waals surface area (Å²) in [5.74, 6) is 0.609. The predicted octanol–water partition coefficient (Wildman–Crippen LogP) is 3.75. The number of fused-ring (bicyclic) bond motifs is 1. The Morgan fingerprint density at radius 1 is 1.04 bits per heavy atom. The third-order valence-electron chi connectivity index (χ3n) is 5.24. The van der Waals surface area contributed by atoms with Gasteiger partial charge in [-0.15, -0.1) is 0 Å². The molecule has 138 valence electrons. The van der Waals surface area contributed by atoms with Crippen LogP contribution in [-0.4, -0.2) is 27.3 Å². The molecule has 1 aromatic rings. The maximum absolute atomic E-state index is 12.6. The van der Waals surface area contributed by atoms with Crippen LogP contribution in [0.4, 0.5) is 0 Å². The van der Waals surface area contributed by atoms with E-state index in [0.29, 0.717) is 6.54 Å². The third-order valence-corrected chi connectivity index (χ3v) is 6.21. The molecule has 1 aliphatic carbocycles. The van der Waals surface area contributed by atoms with E-state index in [9.17, 15) is 9.59 Å². The second kappa shape index (κ2) is 9.41. The van der Waals surface area contributed by atoms with E-state index in [-0.39, 0.29) is 23.1 Å². The first-order chi connectivity index (χ1) is 12.3. The number of hydrogen-bond donors (Lipinski definition) is 1. The van der Waals surface area contributed by atoms with Gasteiger partial charge in [0, 0.05) is 24.5 Å². The van der Waals surface area contributed by atoms with E-state index >= 15 is 0 Å². The van der Waals surface area contributed by atoms with E-state index in [0.717, 1.165) is 36.6 Å². The zero-order valence-corrected chi connectivity index (χ0v) is 15.8. The van der Waals surface area contributed by atoms with Gasteiger partial charge in [-0.1, -0.05) is 69.5 Å². The molecule has 6 heteroatoms. The van der Waals surface area contributed by atoms with Gasteiger partial charge in [-0.3, -0.25) is 14.2 Å². The zero-order chi connectivity index (χ0) is 17.5.